The van der Waals surface area contributed by atoms with Crippen LogP contribution in [0.15, 0.2) is 53.0 Å². The molecule has 8 atom stereocenters. The number of carbonyl (C=O) groups excluding carboxylic acids is 4. The average Bonchev–Trinajstić information content (AvgIpc) is 3.69. The van der Waals surface area contributed by atoms with E-state index in [0.29, 0.717) is 29.4 Å². The molecule has 1 spiro atoms. The van der Waals surface area contributed by atoms with Gasteiger partial charge in [-0.3, -0.25) is 19.2 Å². The Morgan fingerprint density at radius 2 is 1.81 bits per heavy atom. The largest absolute Gasteiger partial charge is 0.455 e. The molecular weight excluding hydrogens is 682 g/mol. The van der Waals surface area contributed by atoms with Crippen molar-refractivity contribution >= 4 is 39.6 Å². The summed E-state index contributed by atoms with van der Waals surface area (Å²) in [7, 11) is 1.52. The average molecular weight is 729 g/mol. The molecule has 260 valence electrons. The predicted molar refractivity (Wildman–Crippen MR) is 179 cm³/mol. The lowest BCUT2D eigenvalue weighted by molar-refractivity contribution is -0.163. The van der Waals surface area contributed by atoms with E-state index >= 15 is 4.79 Å². The number of amides is 3. The van der Waals surface area contributed by atoms with E-state index in [1.807, 2.05) is 54.3 Å². The van der Waals surface area contributed by atoms with Crippen molar-refractivity contribution in [2.45, 2.75) is 100 Å². The molecule has 12 heteroatoms. The van der Waals surface area contributed by atoms with Crippen LogP contribution in [0.3, 0.4) is 0 Å². The zero-order valence-corrected chi connectivity index (χ0v) is 29.2. The number of esters is 1. The summed E-state index contributed by atoms with van der Waals surface area (Å²) in [6.45, 7) is 1.91. The van der Waals surface area contributed by atoms with Gasteiger partial charge in [-0.1, -0.05) is 84.6 Å². The standard InChI is InChI=1S/C36H46BrN3O8/c1-3-23(20-41)40-32-34(44)39(24-15-9-5-10-16-24)18-12-6-11-17-27(42)38-26(21-46-2)30(22-13-7-4-8-14-22)47-35(45)28-29(33(40)43)36(32)19-25(37)31(28)48-36/h4,6-8,12-14,19,23-24,26,28-32,41H,3,5,9-11,15-18,20-21H2,1-2H3,(H,38,42)/b12-6-/t23-,26+,28-,29+,30+,31-,32-,36+/m0/s1. The number of likely N-dealkylation sites (tertiary alicyclic amines) is 1. The number of cyclic esters (lactones) is 1. The molecule has 6 rings (SSSR count). The van der Waals surface area contributed by atoms with Gasteiger partial charge in [0.05, 0.1) is 31.2 Å². The van der Waals surface area contributed by atoms with Crippen molar-refractivity contribution in [3.8, 4) is 0 Å². The molecule has 2 saturated heterocycles. The van der Waals surface area contributed by atoms with Crippen LogP contribution in [0.1, 0.15) is 70.0 Å². The van der Waals surface area contributed by atoms with Gasteiger partial charge in [0.2, 0.25) is 17.7 Å². The van der Waals surface area contributed by atoms with E-state index < -0.39 is 59.6 Å². The maximum atomic E-state index is 15.0. The Labute approximate surface area is 290 Å². The van der Waals surface area contributed by atoms with Crippen LogP contribution in [0.5, 0.6) is 0 Å². The lowest BCUT2D eigenvalue weighted by Gasteiger charge is -2.41. The van der Waals surface area contributed by atoms with Gasteiger partial charge < -0.3 is 34.4 Å². The molecule has 5 aliphatic rings. The molecule has 4 aliphatic heterocycles. The fraction of sp³-hybridized carbons (Fsp3) is 0.611. The number of ether oxygens (including phenoxy) is 3. The van der Waals surface area contributed by atoms with E-state index in [1.54, 1.807) is 6.08 Å². The number of nitrogens with zero attached hydrogens (tertiary/aromatic N) is 2. The summed E-state index contributed by atoms with van der Waals surface area (Å²) in [5.41, 5.74) is -0.780. The van der Waals surface area contributed by atoms with Crippen LogP contribution in [0.4, 0.5) is 0 Å². The second-order valence-electron chi connectivity index (χ2n) is 13.5. The number of methoxy groups -OCH3 is 1. The fourth-order valence-corrected chi connectivity index (χ4v) is 9.13. The maximum absolute atomic E-state index is 15.0. The van der Waals surface area contributed by atoms with Gasteiger partial charge in [-0.05, 0) is 37.3 Å². The molecule has 5 bridgehead atoms. The van der Waals surface area contributed by atoms with Crippen LogP contribution in [0, 0.1) is 11.8 Å². The smallest absolute Gasteiger partial charge is 0.313 e. The van der Waals surface area contributed by atoms with Crippen LogP contribution in [0.25, 0.3) is 0 Å². The Hall–Kier alpha value is -3.06. The first kappa shape index (κ1) is 34.8. The SMILES string of the molecule is CC[C@@H](CO)N1C(=O)[C@H]2[C@@H]3C(=O)O[C@H](c4ccccc4)[C@@H](COC)NC(=O)CC/C=C\CN(C4CCCCC4)C(=O)[C@H]1[C@@]21C=C(Br)[C@@H]3O1. The summed E-state index contributed by atoms with van der Waals surface area (Å²) in [6.07, 6.45) is 9.69. The summed E-state index contributed by atoms with van der Waals surface area (Å²) >= 11 is 3.62. The number of nitrogens with one attached hydrogen (secondary N) is 1. The highest BCUT2D eigenvalue weighted by Gasteiger charge is 2.75. The minimum absolute atomic E-state index is 0.0314. The maximum Gasteiger partial charge on any atom is 0.313 e. The topological polar surface area (TPSA) is 135 Å². The summed E-state index contributed by atoms with van der Waals surface area (Å²) in [6, 6.07) is 6.65. The summed E-state index contributed by atoms with van der Waals surface area (Å²) in [5.74, 6) is -3.68. The highest BCUT2D eigenvalue weighted by atomic mass is 79.9. The van der Waals surface area contributed by atoms with Crippen molar-refractivity contribution in [3.63, 3.8) is 0 Å². The molecule has 0 radical (unpaired) electrons. The van der Waals surface area contributed by atoms with Gasteiger partial charge in [-0.2, -0.15) is 0 Å². The van der Waals surface area contributed by atoms with E-state index in [-0.39, 0.29) is 37.5 Å². The Bertz CT molecular complexity index is 1430. The fourth-order valence-electron chi connectivity index (χ4n) is 8.39. The number of fused-ring (bicyclic) bond motifs is 2. The van der Waals surface area contributed by atoms with Gasteiger partial charge in [0.1, 0.15) is 29.8 Å². The van der Waals surface area contributed by atoms with Crippen LogP contribution in [0.2, 0.25) is 0 Å². The number of hydrogen-bond acceptors (Lipinski definition) is 8. The van der Waals surface area contributed by atoms with Gasteiger partial charge in [0, 0.05) is 30.6 Å². The number of benzene rings is 1. The molecule has 0 unspecified atom stereocenters. The third-order valence-electron chi connectivity index (χ3n) is 10.7. The third-order valence-corrected chi connectivity index (χ3v) is 11.4. The zero-order valence-electron chi connectivity index (χ0n) is 27.6. The molecule has 4 heterocycles. The van der Waals surface area contributed by atoms with Crippen molar-refractivity contribution in [1.82, 2.24) is 15.1 Å². The second kappa shape index (κ2) is 14.8. The summed E-state index contributed by atoms with van der Waals surface area (Å²) < 4.78 is 19.0. The summed E-state index contributed by atoms with van der Waals surface area (Å²) in [4.78, 5) is 60.7. The quantitative estimate of drug-likeness (QED) is 0.322. The van der Waals surface area contributed by atoms with Crippen LogP contribution in [-0.2, 0) is 33.4 Å². The monoisotopic (exact) mass is 727 g/mol. The lowest BCUT2D eigenvalue weighted by Crippen LogP contribution is -2.60. The van der Waals surface area contributed by atoms with Crippen molar-refractivity contribution in [2.24, 2.45) is 11.8 Å². The van der Waals surface area contributed by atoms with Gasteiger partial charge in [-0.15, -0.1) is 0 Å². The minimum Gasteiger partial charge on any atom is -0.455 e. The Morgan fingerprint density at radius 3 is 2.50 bits per heavy atom. The molecule has 0 aromatic heterocycles. The van der Waals surface area contributed by atoms with E-state index in [1.165, 1.54) is 12.0 Å². The Kier molecular flexibility index (Phi) is 10.7. The van der Waals surface area contributed by atoms with E-state index in [4.69, 9.17) is 14.2 Å². The van der Waals surface area contributed by atoms with Crippen LogP contribution >= 0.6 is 15.9 Å². The number of hydrogen-bond donors (Lipinski definition) is 2. The first-order chi connectivity index (χ1) is 23.2. The number of aliphatic hydroxyl groups excluding tert-OH is 1. The number of carbonyl (C=O) groups is 4. The molecule has 1 aromatic rings. The van der Waals surface area contributed by atoms with Gasteiger partial charge in [-0.25, -0.2) is 0 Å². The third kappa shape index (κ3) is 6.25. The first-order valence-electron chi connectivity index (χ1n) is 17.2. The molecule has 3 amide bonds. The molecular formula is C36H46BrN3O8. The van der Waals surface area contributed by atoms with Crippen molar-refractivity contribution < 1.29 is 38.5 Å². The molecule has 11 nitrogen and oxygen atoms in total. The highest BCUT2D eigenvalue weighted by Crippen LogP contribution is 2.59. The normalized spacial score (nSPS) is 34.5. The van der Waals surface area contributed by atoms with Gasteiger partial charge in [0.15, 0.2) is 0 Å². The van der Waals surface area contributed by atoms with E-state index in [2.05, 4.69) is 21.2 Å². The van der Waals surface area contributed by atoms with Crippen molar-refractivity contribution in [1.29, 1.82) is 0 Å². The van der Waals surface area contributed by atoms with Gasteiger partial charge >= 0.3 is 5.97 Å². The van der Waals surface area contributed by atoms with Gasteiger partial charge in [0.25, 0.3) is 0 Å². The second-order valence-corrected chi connectivity index (χ2v) is 14.4. The molecule has 1 aliphatic carbocycles. The Morgan fingerprint density at radius 1 is 1.06 bits per heavy atom. The number of aliphatic hydroxyl groups is 1. The van der Waals surface area contributed by atoms with Crippen LogP contribution < -0.4 is 5.32 Å². The number of halogens is 1. The number of allylic oxidation sites excluding steroid dienone is 1. The minimum atomic E-state index is -1.43. The number of rotatable bonds is 7. The van der Waals surface area contributed by atoms with Crippen molar-refractivity contribution in [2.75, 3.05) is 26.9 Å². The highest BCUT2D eigenvalue weighted by molar-refractivity contribution is 9.11. The predicted octanol–water partition coefficient (Wildman–Crippen LogP) is 3.56. The Balaban J connectivity index is 1.47. The van der Waals surface area contributed by atoms with Crippen LogP contribution in [-0.4, -0.2) is 101 Å². The zero-order chi connectivity index (χ0) is 34.0. The molecule has 2 N–H and O–H groups in total. The van der Waals surface area contributed by atoms with E-state index in [9.17, 15) is 19.5 Å². The summed E-state index contributed by atoms with van der Waals surface area (Å²) in [5, 5.41) is 13.5. The molecule has 1 aromatic carbocycles. The molecule has 1 saturated carbocycles. The van der Waals surface area contributed by atoms with E-state index in [0.717, 1.165) is 32.1 Å². The lowest BCUT2D eigenvalue weighted by atomic mass is 9.74. The van der Waals surface area contributed by atoms with Crippen molar-refractivity contribution in [3.05, 3.63) is 58.6 Å². The molecule has 48 heavy (non-hydrogen) atoms. The molecule has 3 fully saturated rings. The first-order valence-corrected chi connectivity index (χ1v) is 18.0.